The fourth-order valence-electron chi connectivity index (χ4n) is 1.50. The number of hydrogen-bond acceptors (Lipinski definition) is 3. The molecule has 0 aliphatic rings. The van der Waals surface area contributed by atoms with E-state index in [-0.39, 0.29) is 10.5 Å². The van der Waals surface area contributed by atoms with E-state index in [4.69, 9.17) is 5.11 Å². The zero-order valence-electron chi connectivity index (χ0n) is 10.3. The van der Waals surface area contributed by atoms with Crippen LogP contribution in [0.5, 0.6) is 0 Å². The Morgan fingerprint density at radius 1 is 1.24 bits per heavy atom. The van der Waals surface area contributed by atoms with E-state index in [1.54, 1.807) is 6.07 Å². The summed E-state index contributed by atoms with van der Waals surface area (Å²) in [5.41, 5.74) is 0.542. The molecule has 1 rings (SSSR count). The molecule has 0 atom stereocenters. The molecule has 1 N–H and O–H groups in total. The van der Waals surface area contributed by atoms with Crippen molar-refractivity contribution in [2.24, 2.45) is 0 Å². The maximum Gasteiger partial charge on any atom is 0.335 e. The summed E-state index contributed by atoms with van der Waals surface area (Å²) in [5.74, 6) is -1.14. The van der Waals surface area contributed by atoms with Crippen LogP contribution in [0.1, 0.15) is 10.4 Å². The fraction of sp³-hybridized carbons (Fsp3) is 0.364. The number of hydrogen-bond donors (Lipinski definition) is 1. The predicted octanol–water partition coefficient (Wildman–Crippen LogP) is 0.985. The second-order valence-corrected chi connectivity index (χ2v) is 6.76. The van der Waals surface area contributed by atoms with Crippen molar-refractivity contribution in [3.63, 3.8) is 0 Å². The molecular formula is C11H16NO4S+. The molecule has 0 unspecified atom stereocenters. The topological polar surface area (TPSA) is 71.4 Å². The molecule has 6 heteroatoms. The van der Waals surface area contributed by atoms with Crippen molar-refractivity contribution in [3.8, 4) is 0 Å². The Labute approximate surface area is 101 Å². The lowest BCUT2D eigenvalue weighted by Crippen LogP contribution is -2.36. The Kier molecular flexibility index (Phi) is 3.31. The van der Waals surface area contributed by atoms with Gasteiger partial charge < -0.3 is 5.11 Å². The van der Waals surface area contributed by atoms with Gasteiger partial charge in [-0.2, -0.15) is 0 Å². The highest BCUT2D eigenvalue weighted by Gasteiger charge is 2.25. The Hall–Kier alpha value is -1.40. The van der Waals surface area contributed by atoms with Gasteiger partial charge in [0.05, 0.1) is 26.7 Å². The second kappa shape index (κ2) is 4.12. The molecule has 1 aromatic carbocycles. The van der Waals surface area contributed by atoms with E-state index in [2.05, 4.69) is 0 Å². The van der Waals surface area contributed by atoms with Crippen LogP contribution in [0, 0.1) is 0 Å². The van der Waals surface area contributed by atoms with Crippen LogP contribution in [-0.4, -0.2) is 46.9 Å². The van der Waals surface area contributed by atoms with Crippen molar-refractivity contribution >= 4 is 21.5 Å². The van der Waals surface area contributed by atoms with Gasteiger partial charge in [0.25, 0.3) is 0 Å². The van der Waals surface area contributed by atoms with Gasteiger partial charge in [0.15, 0.2) is 15.5 Å². The summed E-state index contributed by atoms with van der Waals surface area (Å²) in [6.45, 7) is 0. The molecule has 5 nitrogen and oxygen atoms in total. The number of nitrogens with zero attached hydrogens (tertiary/aromatic N) is 1. The summed E-state index contributed by atoms with van der Waals surface area (Å²) >= 11 is 0. The van der Waals surface area contributed by atoms with E-state index >= 15 is 0 Å². The first-order valence-corrected chi connectivity index (χ1v) is 6.82. The summed E-state index contributed by atoms with van der Waals surface area (Å²) in [7, 11) is 2.02. The number of carbonyl (C=O) groups is 1. The van der Waals surface area contributed by atoms with Gasteiger partial charge in [-0.25, -0.2) is 13.2 Å². The lowest BCUT2D eigenvalue weighted by atomic mass is 10.2. The summed E-state index contributed by atoms with van der Waals surface area (Å²) in [4.78, 5) is 10.9. The van der Waals surface area contributed by atoms with E-state index in [0.717, 1.165) is 6.26 Å². The first kappa shape index (κ1) is 13.7. The highest BCUT2D eigenvalue weighted by molar-refractivity contribution is 7.90. The zero-order chi connectivity index (χ0) is 13.4. The van der Waals surface area contributed by atoms with Crippen LogP contribution < -0.4 is 4.48 Å². The van der Waals surface area contributed by atoms with Crippen molar-refractivity contribution in [2.45, 2.75) is 4.90 Å². The number of quaternary nitrogens is 1. The van der Waals surface area contributed by atoms with Crippen LogP contribution in [0.4, 0.5) is 5.69 Å². The summed E-state index contributed by atoms with van der Waals surface area (Å²) in [5, 5.41) is 8.87. The number of carboxylic acid groups (broad SMARTS) is 1. The van der Waals surface area contributed by atoms with Crippen LogP contribution in [0.25, 0.3) is 0 Å². The van der Waals surface area contributed by atoms with Crippen molar-refractivity contribution < 1.29 is 18.3 Å². The number of rotatable bonds is 3. The molecule has 17 heavy (non-hydrogen) atoms. The van der Waals surface area contributed by atoms with Crippen molar-refractivity contribution in [1.82, 2.24) is 4.48 Å². The summed E-state index contributed by atoms with van der Waals surface area (Å²) in [6, 6.07) is 4.16. The smallest absolute Gasteiger partial charge is 0.335 e. The highest BCUT2D eigenvalue weighted by Crippen LogP contribution is 2.28. The molecule has 0 heterocycles. The molecule has 0 spiro atoms. The average molecular weight is 258 g/mol. The SMILES string of the molecule is C[N+](C)(C)c1ccc(C(=O)O)cc1S(C)(=O)=O. The first-order valence-electron chi connectivity index (χ1n) is 4.93. The van der Waals surface area contributed by atoms with Gasteiger partial charge in [0, 0.05) is 12.3 Å². The highest BCUT2D eigenvalue weighted by atomic mass is 32.2. The summed E-state index contributed by atoms with van der Waals surface area (Å²) < 4.78 is 23.7. The maximum atomic E-state index is 11.7. The molecule has 94 valence electrons. The monoisotopic (exact) mass is 258 g/mol. The molecule has 0 saturated carbocycles. The quantitative estimate of drug-likeness (QED) is 0.821. The van der Waals surface area contributed by atoms with Gasteiger partial charge in [-0.3, -0.25) is 4.48 Å². The number of benzene rings is 1. The van der Waals surface area contributed by atoms with Crippen LogP contribution in [0.15, 0.2) is 23.1 Å². The number of carboxylic acids is 1. The number of sulfone groups is 1. The molecule has 0 aliphatic heterocycles. The molecule has 0 fully saturated rings. The van der Waals surface area contributed by atoms with Gasteiger partial charge in [0.2, 0.25) is 0 Å². The standard InChI is InChI=1S/C11H15NO4S/c1-12(2,3)9-6-5-8(11(13)14)7-10(9)17(4,15)16/h5-7H,1-4H3/p+1. The fourth-order valence-corrected chi connectivity index (χ4v) is 2.56. The Morgan fingerprint density at radius 2 is 1.76 bits per heavy atom. The molecule has 0 aromatic heterocycles. The molecule has 0 saturated heterocycles. The van der Waals surface area contributed by atoms with E-state index in [1.807, 2.05) is 21.1 Å². The number of aromatic carboxylic acids is 1. The van der Waals surface area contributed by atoms with E-state index < -0.39 is 15.8 Å². The Morgan fingerprint density at radius 3 is 2.12 bits per heavy atom. The average Bonchev–Trinajstić information content (AvgIpc) is 2.14. The van der Waals surface area contributed by atoms with Gasteiger partial charge >= 0.3 is 5.97 Å². The third-order valence-corrected chi connectivity index (χ3v) is 3.45. The van der Waals surface area contributed by atoms with Crippen LogP contribution in [0.2, 0.25) is 0 Å². The molecule has 0 amide bonds. The molecule has 0 aliphatic carbocycles. The van der Waals surface area contributed by atoms with Crippen molar-refractivity contribution in [3.05, 3.63) is 23.8 Å². The van der Waals surface area contributed by atoms with Gasteiger partial charge in [-0.05, 0) is 12.1 Å². The lowest BCUT2D eigenvalue weighted by molar-refractivity contribution is 0.0696. The molecule has 0 bridgehead atoms. The van der Waals surface area contributed by atoms with Gasteiger partial charge in [-0.1, -0.05) is 0 Å². The molecule has 1 aromatic rings. The van der Waals surface area contributed by atoms with E-state index in [1.165, 1.54) is 12.1 Å². The van der Waals surface area contributed by atoms with E-state index in [0.29, 0.717) is 10.2 Å². The minimum atomic E-state index is -3.45. The summed E-state index contributed by atoms with van der Waals surface area (Å²) in [6.07, 6.45) is 1.08. The predicted molar refractivity (Wildman–Crippen MR) is 66.1 cm³/mol. The minimum Gasteiger partial charge on any atom is -0.478 e. The van der Waals surface area contributed by atoms with Crippen LogP contribution >= 0.6 is 0 Å². The molecule has 0 radical (unpaired) electrons. The minimum absolute atomic E-state index is 0.0253. The first-order chi connectivity index (χ1) is 7.53. The lowest BCUT2D eigenvalue weighted by Gasteiger charge is -2.25. The van der Waals surface area contributed by atoms with E-state index in [9.17, 15) is 13.2 Å². The largest absolute Gasteiger partial charge is 0.478 e. The van der Waals surface area contributed by atoms with Gasteiger partial charge in [0.1, 0.15) is 4.90 Å². The zero-order valence-corrected chi connectivity index (χ0v) is 11.1. The van der Waals surface area contributed by atoms with Crippen LogP contribution in [0.3, 0.4) is 0 Å². The third-order valence-electron chi connectivity index (χ3n) is 2.33. The normalized spacial score (nSPS) is 12.5. The maximum absolute atomic E-state index is 11.7. The Bertz CT molecular complexity index is 555. The van der Waals surface area contributed by atoms with Crippen LogP contribution in [-0.2, 0) is 9.84 Å². The Balaban J connectivity index is 3.60. The van der Waals surface area contributed by atoms with Crippen molar-refractivity contribution in [2.75, 3.05) is 27.4 Å². The van der Waals surface area contributed by atoms with Crippen molar-refractivity contribution in [1.29, 1.82) is 0 Å². The second-order valence-electron chi connectivity index (χ2n) is 4.77. The molecular weight excluding hydrogens is 242 g/mol. The van der Waals surface area contributed by atoms with Gasteiger partial charge in [-0.15, -0.1) is 0 Å². The third kappa shape index (κ3) is 3.04.